The number of carbonyl (C=O) groups is 2. The topological polar surface area (TPSA) is 108 Å². The Morgan fingerprint density at radius 3 is 2.76 bits per heavy atom. The van der Waals surface area contributed by atoms with E-state index in [9.17, 15) is 19.8 Å². The molecule has 2 aromatic rings. The number of nitrogens with zero attached hydrogens (tertiary/aromatic N) is 1. The fraction of sp³-hybridized carbons (Fsp3) is 0.440. The highest BCUT2D eigenvalue weighted by atomic mass is 16.5. The summed E-state index contributed by atoms with van der Waals surface area (Å²) in [5, 5.41) is 22.4. The van der Waals surface area contributed by atoms with E-state index in [1.807, 2.05) is 26.0 Å². The summed E-state index contributed by atoms with van der Waals surface area (Å²) in [6.07, 6.45) is 1.42. The first kappa shape index (κ1) is 21.7. The molecule has 0 aromatic heterocycles. The number of aromatic hydroxyl groups is 1. The molecule has 2 saturated heterocycles. The highest BCUT2D eigenvalue weighted by molar-refractivity contribution is 6.01. The van der Waals surface area contributed by atoms with Crippen LogP contribution in [0.3, 0.4) is 0 Å². The maximum absolute atomic E-state index is 12.8. The molecule has 0 radical (unpaired) electrons. The number of anilines is 1. The molecule has 8 nitrogen and oxygen atoms in total. The molecule has 0 unspecified atom stereocenters. The van der Waals surface area contributed by atoms with Crippen LogP contribution in [-0.2, 0) is 9.53 Å². The summed E-state index contributed by atoms with van der Waals surface area (Å²) in [4.78, 5) is 26.3. The average molecular weight is 453 g/mol. The van der Waals surface area contributed by atoms with Crippen LogP contribution >= 0.6 is 0 Å². The van der Waals surface area contributed by atoms with Gasteiger partial charge in [-0.25, -0.2) is 4.79 Å². The van der Waals surface area contributed by atoms with Gasteiger partial charge in [0, 0.05) is 24.1 Å². The van der Waals surface area contributed by atoms with E-state index < -0.39 is 11.6 Å². The lowest BCUT2D eigenvalue weighted by Crippen LogP contribution is -2.54. The normalized spacial score (nSPS) is 27.6. The van der Waals surface area contributed by atoms with Gasteiger partial charge in [-0.2, -0.15) is 0 Å². The summed E-state index contributed by atoms with van der Waals surface area (Å²) in [6, 6.07) is 11.8. The van der Waals surface area contributed by atoms with Crippen molar-refractivity contribution in [2.24, 2.45) is 5.92 Å². The van der Waals surface area contributed by atoms with E-state index in [1.165, 1.54) is 6.07 Å². The summed E-state index contributed by atoms with van der Waals surface area (Å²) in [6.45, 7) is 4.91. The first-order valence-corrected chi connectivity index (χ1v) is 11.3. The molecule has 2 fully saturated rings. The van der Waals surface area contributed by atoms with E-state index in [4.69, 9.17) is 9.47 Å². The van der Waals surface area contributed by atoms with Gasteiger partial charge in [0.25, 0.3) is 0 Å². The Hall–Kier alpha value is -3.10. The van der Waals surface area contributed by atoms with Gasteiger partial charge in [-0.3, -0.25) is 9.69 Å². The van der Waals surface area contributed by atoms with Gasteiger partial charge in [-0.1, -0.05) is 24.3 Å². The second kappa shape index (κ2) is 8.04. The lowest BCUT2D eigenvalue weighted by molar-refractivity contribution is -0.162. The SMILES string of the molecule is CC1(C)Oc2c(O)cccc2[C@@H]2O[C@@H]3CCN(CC(=O)Nc4ccccc4C(=O)O)[C@@H]3C[C@H]21. The minimum atomic E-state index is -1.08. The molecule has 5 rings (SSSR count). The van der Waals surface area contributed by atoms with Crippen LogP contribution < -0.4 is 10.1 Å². The van der Waals surface area contributed by atoms with Crippen molar-refractivity contribution in [2.75, 3.05) is 18.4 Å². The molecule has 3 heterocycles. The monoisotopic (exact) mass is 452 g/mol. The summed E-state index contributed by atoms with van der Waals surface area (Å²) in [5.41, 5.74) is 0.693. The number of carboxylic acids is 1. The fourth-order valence-electron chi connectivity index (χ4n) is 5.52. The number of amides is 1. The van der Waals surface area contributed by atoms with Crippen LogP contribution in [0.1, 0.15) is 48.7 Å². The number of carbonyl (C=O) groups excluding carboxylic acids is 1. The van der Waals surface area contributed by atoms with E-state index in [0.29, 0.717) is 11.4 Å². The molecule has 3 aliphatic heterocycles. The van der Waals surface area contributed by atoms with Crippen LogP contribution in [0.5, 0.6) is 11.5 Å². The summed E-state index contributed by atoms with van der Waals surface area (Å²) < 4.78 is 12.8. The Labute approximate surface area is 192 Å². The fourth-order valence-corrected chi connectivity index (χ4v) is 5.52. The number of aromatic carboxylic acids is 1. The van der Waals surface area contributed by atoms with Crippen molar-refractivity contribution < 1.29 is 29.3 Å². The Morgan fingerprint density at radius 2 is 1.97 bits per heavy atom. The Bertz CT molecular complexity index is 1100. The molecule has 174 valence electrons. The van der Waals surface area contributed by atoms with Crippen LogP contribution in [0.25, 0.3) is 0 Å². The molecule has 0 bridgehead atoms. The van der Waals surface area contributed by atoms with Gasteiger partial charge in [0.05, 0.1) is 30.0 Å². The van der Waals surface area contributed by atoms with E-state index in [-0.39, 0.29) is 47.9 Å². The van der Waals surface area contributed by atoms with Crippen LogP contribution in [0.2, 0.25) is 0 Å². The molecular weight excluding hydrogens is 424 g/mol. The smallest absolute Gasteiger partial charge is 0.337 e. The molecule has 33 heavy (non-hydrogen) atoms. The van der Waals surface area contributed by atoms with Crippen molar-refractivity contribution in [3.05, 3.63) is 53.6 Å². The van der Waals surface area contributed by atoms with E-state index in [0.717, 1.165) is 24.9 Å². The predicted octanol–water partition coefficient (Wildman–Crippen LogP) is 3.42. The molecule has 3 N–H and O–H groups in total. The molecule has 0 spiro atoms. The third kappa shape index (κ3) is 3.83. The Morgan fingerprint density at radius 1 is 1.18 bits per heavy atom. The maximum atomic E-state index is 12.8. The zero-order valence-electron chi connectivity index (χ0n) is 18.7. The number of benzene rings is 2. The highest BCUT2D eigenvalue weighted by Gasteiger charge is 2.53. The van der Waals surface area contributed by atoms with Crippen molar-refractivity contribution in [1.29, 1.82) is 0 Å². The van der Waals surface area contributed by atoms with Gasteiger partial charge >= 0.3 is 5.97 Å². The molecule has 8 heteroatoms. The van der Waals surface area contributed by atoms with Gasteiger partial charge < -0.3 is 25.0 Å². The minimum absolute atomic E-state index is 0.0190. The minimum Gasteiger partial charge on any atom is -0.504 e. The maximum Gasteiger partial charge on any atom is 0.337 e. The zero-order valence-corrected chi connectivity index (χ0v) is 18.7. The third-order valence-corrected chi connectivity index (χ3v) is 7.15. The second-order valence-corrected chi connectivity index (χ2v) is 9.56. The average Bonchev–Trinajstić information content (AvgIpc) is 3.15. The number of likely N-dealkylation sites (tertiary alicyclic amines) is 1. The first-order chi connectivity index (χ1) is 15.7. The van der Waals surface area contributed by atoms with Crippen molar-refractivity contribution in [3.63, 3.8) is 0 Å². The van der Waals surface area contributed by atoms with Crippen molar-refractivity contribution in [2.45, 2.75) is 50.5 Å². The molecule has 2 aromatic carbocycles. The predicted molar refractivity (Wildman–Crippen MR) is 121 cm³/mol. The number of hydrogen-bond acceptors (Lipinski definition) is 6. The summed E-state index contributed by atoms with van der Waals surface area (Å²) >= 11 is 0. The number of phenols is 1. The van der Waals surface area contributed by atoms with Gasteiger partial charge in [0.15, 0.2) is 11.5 Å². The van der Waals surface area contributed by atoms with Crippen molar-refractivity contribution in [3.8, 4) is 11.5 Å². The summed E-state index contributed by atoms with van der Waals surface area (Å²) in [5.74, 6) is -0.653. The van der Waals surface area contributed by atoms with E-state index in [2.05, 4.69) is 10.2 Å². The quantitative estimate of drug-likeness (QED) is 0.652. The number of rotatable bonds is 4. The zero-order chi connectivity index (χ0) is 23.3. The molecule has 3 aliphatic rings. The van der Waals surface area contributed by atoms with Crippen LogP contribution in [-0.4, -0.2) is 57.8 Å². The molecule has 0 aliphatic carbocycles. The number of fused-ring (bicyclic) bond motifs is 4. The first-order valence-electron chi connectivity index (χ1n) is 11.3. The molecule has 1 amide bonds. The van der Waals surface area contributed by atoms with E-state index in [1.54, 1.807) is 24.3 Å². The lowest BCUT2D eigenvalue weighted by Gasteiger charge is -2.50. The van der Waals surface area contributed by atoms with Gasteiger partial charge in [0.2, 0.25) is 5.91 Å². The van der Waals surface area contributed by atoms with Crippen molar-refractivity contribution >= 4 is 17.6 Å². The van der Waals surface area contributed by atoms with E-state index >= 15 is 0 Å². The summed E-state index contributed by atoms with van der Waals surface area (Å²) in [7, 11) is 0. The van der Waals surface area contributed by atoms with Crippen molar-refractivity contribution in [1.82, 2.24) is 4.90 Å². The number of phenolic OH excluding ortho intramolecular Hbond substituents is 1. The van der Waals surface area contributed by atoms with Crippen LogP contribution in [0.4, 0.5) is 5.69 Å². The Balaban J connectivity index is 1.32. The van der Waals surface area contributed by atoms with Gasteiger partial charge in [0.1, 0.15) is 5.60 Å². The van der Waals surface area contributed by atoms with Crippen LogP contribution in [0, 0.1) is 5.92 Å². The number of para-hydroxylation sites is 2. The van der Waals surface area contributed by atoms with Gasteiger partial charge in [-0.05, 0) is 44.9 Å². The molecular formula is C25H28N2O6. The number of ether oxygens (including phenoxy) is 2. The highest BCUT2D eigenvalue weighted by Crippen LogP contribution is 2.54. The largest absolute Gasteiger partial charge is 0.504 e. The molecule has 4 atom stereocenters. The van der Waals surface area contributed by atoms with Gasteiger partial charge in [-0.15, -0.1) is 0 Å². The lowest BCUT2D eigenvalue weighted by atomic mass is 9.74. The Kier molecular flexibility index (Phi) is 5.29. The number of carboxylic acid groups (broad SMARTS) is 1. The number of hydrogen-bond donors (Lipinski definition) is 3. The number of nitrogens with one attached hydrogen (secondary N) is 1. The second-order valence-electron chi connectivity index (χ2n) is 9.56. The van der Waals surface area contributed by atoms with Crippen LogP contribution in [0.15, 0.2) is 42.5 Å². The standard InChI is InChI=1S/C25H28N2O6/c1-25(2)16-12-18-20(32-22(16)15-7-5-9-19(28)23(15)33-25)10-11-27(18)13-21(29)26-17-8-4-3-6-14(17)24(30)31/h3-9,16,18,20,22,28H,10-13H2,1-2H3,(H,26,29)(H,30,31)/t16-,18-,20-,22+/m1/s1. The third-order valence-electron chi connectivity index (χ3n) is 7.15. The molecule has 0 saturated carbocycles.